The van der Waals surface area contributed by atoms with Crippen molar-refractivity contribution >= 4 is 38.8 Å². The summed E-state index contributed by atoms with van der Waals surface area (Å²) in [6.07, 6.45) is -0.765. The molecule has 0 amide bonds. The molecule has 1 aliphatic rings. The summed E-state index contributed by atoms with van der Waals surface area (Å²) in [4.78, 5) is 12.4. The Balaban J connectivity index is 1.16. The number of para-hydroxylation sites is 1. The number of aliphatic hydroxyl groups excluding tert-OH is 2. The lowest BCUT2D eigenvalue weighted by Gasteiger charge is -2.16. The Morgan fingerprint density at radius 3 is 2.74 bits per heavy atom. The van der Waals surface area contributed by atoms with Gasteiger partial charge in [-0.25, -0.2) is 15.0 Å². The molecule has 0 saturated carbocycles. The molecule has 0 aliphatic carbocycles. The second-order valence-corrected chi connectivity index (χ2v) is 9.02. The molecule has 180 valence electrons. The third kappa shape index (κ3) is 3.62. The highest BCUT2D eigenvalue weighted by Crippen LogP contribution is 2.32. The van der Waals surface area contributed by atoms with Gasteiger partial charge in [0.1, 0.15) is 30.2 Å². The standard InChI is InChI=1S/C25H27N7O3/c1-14-6-7-16-15-4-2-3-5-17(15)31(18(16)10-14)9-8-27-11-19-21(33)22(34)25(35-19)32-13-30-20-23(26)28-12-29-24(20)32/h2-7,10,12-13,19,21-22,25,27,33-34H,8-9,11H2,1H3,(H2,26,28,29). The van der Waals surface area contributed by atoms with Gasteiger partial charge in [0.05, 0.1) is 6.33 Å². The Morgan fingerprint density at radius 2 is 1.86 bits per heavy atom. The average Bonchev–Trinajstić information content (AvgIpc) is 3.51. The van der Waals surface area contributed by atoms with Gasteiger partial charge in [0, 0.05) is 41.4 Å². The van der Waals surface area contributed by atoms with Crippen LogP contribution in [0.3, 0.4) is 0 Å². The number of imidazole rings is 1. The van der Waals surface area contributed by atoms with Crippen LogP contribution in [0.5, 0.6) is 0 Å². The molecule has 0 bridgehead atoms. The summed E-state index contributed by atoms with van der Waals surface area (Å²) in [7, 11) is 0. The minimum Gasteiger partial charge on any atom is -0.387 e. The van der Waals surface area contributed by atoms with Gasteiger partial charge in [-0.15, -0.1) is 0 Å². The van der Waals surface area contributed by atoms with Crippen LogP contribution in [0.15, 0.2) is 55.1 Å². The molecular formula is C25H27N7O3. The van der Waals surface area contributed by atoms with Crippen LogP contribution in [0.4, 0.5) is 5.82 Å². The van der Waals surface area contributed by atoms with E-state index in [1.165, 1.54) is 40.0 Å². The minimum absolute atomic E-state index is 0.250. The molecule has 10 nitrogen and oxygen atoms in total. The van der Waals surface area contributed by atoms with Gasteiger partial charge in [-0.3, -0.25) is 4.57 Å². The number of hydrogen-bond acceptors (Lipinski definition) is 8. The molecule has 35 heavy (non-hydrogen) atoms. The zero-order valence-corrected chi connectivity index (χ0v) is 19.2. The van der Waals surface area contributed by atoms with Crippen molar-refractivity contribution in [1.82, 2.24) is 29.4 Å². The second kappa shape index (κ2) is 8.58. The first-order valence-electron chi connectivity index (χ1n) is 11.7. The number of nitrogens with one attached hydrogen (secondary N) is 1. The van der Waals surface area contributed by atoms with Crippen molar-refractivity contribution in [2.24, 2.45) is 0 Å². The smallest absolute Gasteiger partial charge is 0.167 e. The fourth-order valence-electron chi connectivity index (χ4n) is 5.02. The maximum absolute atomic E-state index is 10.7. The van der Waals surface area contributed by atoms with E-state index in [4.69, 9.17) is 10.5 Å². The van der Waals surface area contributed by atoms with Gasteiger partial charge in [0.2, 0.25) is 0 Å². The fraction of sp³-hybridized carbons (Fsp3) is 0.320. The number of nitrogen functional groups attached to an aromatic ring is 1. The highest BCUT2D eigenvalue weighted by atomic mass is 16.6. The van der Waals surface area contributed by atoms with Crippen LogP contribution in [0, 0.1) is 6.92 Å². The van der Waals surface area contributed by atoms with E-state index in [1.54, 1.807) is 4.57 Å². The molecule has 6 rings (SSSR count). The Labute approximate surface area is 201 Å². The summed E-state index contributed by atoms with van der Waals surface area (Å²) in [6.45, 7) is 3.91. The molecule has 4 heterocycles. The molecule has 1 saturated heterocycles. The number of hydrogen-bond donors (Lipinski definition) is 4. The van der Waals surface area contributed by atoms with E-state index in [0.717, 1.165) is 6.54 Å². The van der Waals surface area contributed by atoms with Crippen molar-refractivity contribution in [2.75, 3.05) is 18.8 Å². The number of fused-ring (bicyclic) bond motifs is 4. The van der Waals surface area contributed by atoms with E-state index >= 15 is 0 Å². The quantitative estimate of drug-likeness (QED) is 0.274. The van der Waals surface area contributed by atoms with E-state index in [1.807, 2.05) is 0 Å². The topological polar surface area (TPSA) is 136 Å². The van der Waals surface area contributed by atoms with Gasteiger partial charge in [0.15, 0.2) is 17.7 Å². The SMILES string of the molecule is Cc1ccc2c3ccccc3n(CCNCC3OC(n4cnc5c(N)ncnc54)C(O)C3O)c2c1. The van der Waals surface area contributed by atoms with Crippen molar-refractivity contribution < 1.29 is 14.9 Å². The molecule has 4 unspecified atom stereocenters. The van der Waals surface area contributed by atoms with Crippen LogP contribution < -0.4 is 11.1 Å². The summed E-state index contributed by atoms with van der Waals surface area (Å²) in [5, 5.41) is 27.2. The summed E-state index contributed by atoms with van der Waals surface area (Å²) in [6, 6.07) is 14.9. The lowest BCUT2D eigenvalue weighted by atomic mass is 10.1. The van der Waals surface area contributed by atoms with Gasteiger partial charge < -0.3 is 30.6 Å². The Hall–Kier alpha value is -3.57. The third-order valence-electron chi connectivity index (χ3n) is 6.79. The zero-order chi connectivity index (χ0) is 24.1. The molecule has 0 radical (unpaired) electrons. The monoisotopic (exact) mass is 473 g/mol. The zero-order valence-electron chi connectivity index (χ0n) is 19.2. The molecule has 1 fully saturated rings. The van der Waals surface area contributed by atoms with Gasteiger partial charge in [-0.05, 0) is 24.6 Å². The number of aryl methyl sites for hydroxylation is 1. The summed E-state index contributed by atoms with van der Waals surface area (Å²) < 4.78 is 9.92. The minimum atomic E-state index is -1.13. The highest BCUT2D eigenvalue weighted by molar-refractivity contribution is 6.08. The maximum Gasteiger partial charge on any atom is 0.167 e. The number of aromatic nitrogens is 5. The first kappa shape index (κ1) is 21.9. The van der Waals surface area contributed by atoms with E-state index in [-0.39, 0.29) is 5.82 Å². The van der Waals surface area contributed by atoms with Crippen molar-refractivity contribution in [3.63, 3.8) is 0 Å². The Morgan fingerprint density at radius 1 is 1.03 bits per heavy atom. The maximum atomic E-state index is 10.7. The second-order valence-electron chi connectivity index (χ2n) is 9.02. The molecule has 1 aliphatic heterocycles. The molecule has 5 aromatic rings. The molecule has 4 atom stereocenters. The number of ether oxygens (including phenoxy) is 1. The number of nitrogens with zero attached hydrogens (tertiary/aromatic N) is 5. The van der Waals surface area contributed by atoms with Crippen molar-refractivity contribution in [3.05, 3.63) is 60.7 Å². The number of aliphatic hydroxyl groups is 2. The van der Waals surface area contributed by atoms with E-state index in [0.29, 0.717) is 24.3 Å². The number of rotatable bonds is 6. The Kier molecular flexibility index (Phi) is 5.37. The lowest BCUT2D eigenvalue weighted by Crippen LogP contribution is -2.38. The van der Waals surface area contributed by atoms with Crippen molar-refractivity contribution in [1.29, 1.82) is 0 Å². The lowest BCUT2D eigenvalue weighted by molar-refractivity contribution is -0.0341. The number of anilines is 1. The molecular weight excluding hydrogens is 446 g/mol. The van der Waals surface area contributed by atoms with E-state index in [9.17, 15) is 10.2 Å². The Bertz CT molecular complexity index is 1530. The van der Waals surface area contributed by atoms with Crippen molar-refractivity contribution in [3.8, 4) is 0 Å². The largest absolute Gasteiger partial charge is 0.387 e. The van der Waals surface area contributed by atoms with E-state index in [2.05, 4.69) is 74.2 Å². The first-order chi connectivity index (χ1) is 17.0. The predicted molar refractivity (Wildman–Crippen MR) is 133 cm³/mol. The van der Waals surface area contributed by atoms with Gasteiger partial charge in [-0.1, -0.05) is 30.3 Å². The first-order valence-corrected chi connectivity index (χ1v) is 11.7. The van der Waals surface area contributed by atoms with Gasteiger partial charge >= 0.3 is 0 Å². The average molecular weight is 474 g/mol. The van der Waals surface area contributed by atoms with Crippen LogP contribution in [0.25, 0.3) is 33.0 Å². The summed E-state index contributed by atoms with van der Waals surface area (Å²) in [5.74, 6) is 0.250. The number of benzene rings is 2. The molecule has 10 heteroatoms. The third-order valence-corrected chi connectivity index (χ3v) is 6.79. The van der Waals surface area contributed by atoms with Gasteiger partial charge in [-0.2, -0.15) is 0 Å². The predicted octanol–water partition coefficient (Wildman–Crippen LogP) is 1.73. The van der Waals surface area contributed by atoms with Crippen LogP contribution in [0.1, 0.15) is 11.8 Å². The summed E-state index contributed by atoms with van der Waals surface area (Å²) in [5.41, 5.74) is 10.4. The number of nitrogens with two attached hydrogens (primary N) is 1. The van der Waals surface area contributed by atoms with Gasteiger partial charge in [0.25, 0.3) is 0 Å². The molecule has 5 N–H and O–H groups in total. The highest BCUT2D eigenvalue weighted by Gasteiger charge is 2.44. The van der Waals surface area contributed by atoms with Crippen LogP contribution in [0.2, 0.25) is 0 Å². The molecule has 3 aromatic heterocycles. The van der Waals surface area contributed by atoms with Crippen molar-refractivity contribution in [2.45, 2.75) is 38.0 Å². The summed E-state index contributed by atoms with van der Waals surface area (Å²) >= 11 is 0. The normalized spacial score (nSPS) is 22.6. The molecule has 2 aromatic carbocycles. The van der Waals surface area contributed by atoms with Crippen LogP contribution in [-0.4, -0.2) is 65.7 Å². The van der Waals surface area contributed by atoms with Crippen LogP contribution in [-0.2, 0) is 11.3 Å². The van der Waals surface area contributed by atoms with E-state index < -0.39 is 24.5 Å². The molecule has 0 spiro atoms. The van der Waals surface area contributed by atoms with Crippen LogP contribution >= 0.6 is 0 Å². The fourth-order valence-corrected chi connectivity index (χ4v) is 5.02.